The van der Waals surface area contributed by atoms with E-state index >= 15 is 0 Å². The molecule has 3 N–H and O–H groups in total. The highest BCUT2D eigenvalue weighted by atomic mass is 35.5. The van der Waals surface area contributed by atoms with Gasteiger partial charge in [-0.3, -0.25) is 29.4 Å². The Hall–Kier alpha value is -2.85. The Labute approximate surface area is 222 Å². The number of carbonyl (C=O) groups excluding carboxylic acids is 5. The third-order valence-corrected chi connectivity index (χ3v) is 6.45. The first-order valence-corrected chi connectivity index (χ1v) is 12.0. The summed E-state index contributed by atoms with van der Waals surface area (Å²) < 4.78 is 93.0. The minimum absolute atomic E-state index is 0.175. The molecule has 0 saturated carbocycles. The molecule has 2 heterocycles. The van der Waals surface area contributed by atoms with Crippen molar-refractivity contribution in [2.75, 3.05) is 19.6 Å². The van der Waals surface area contributed by atoms with Gasteiger partial charge in [0, 0.05) is 13.1 Å². The molecule has 2 aliphatic heterocycles. The van der Waals surface area contributed by atoms with Crippen LogP contribution in [0.15, 0.2) is 0 Å². The first-order chi connectivity index (χ1) is 17.6. The van der Waals surface area contributed by atoms with Gasteiger partial charge in [-0.1, -0.05) is 32.4 Å². The van der Waals surface area contributed by atoms with Crippen molar-refractivity contribution in [2.45, 2.75) is 63.7 Å². The van der Waals surface area contributed by atoms with E-state index < -0.39 is 96.4 Å². The van der Waals surface area contributed by atoms with Crippen molar-refractivity contribution in [1.29, 1.82) is 0 Å². The third kappa shape index (κ3) is 8.08. The van der Waals surface area contributed by atoms with Gasteiger partial charge in [-0.15, -0.1) is 0 Å². The zero-order chi connectivity index (χ0) is 30.1. The minimum Gasteiger partial charge on any atom is -0.356 e. The molecule has 2 unspecified atom stereocenters. The van der Waals surface area contributed by atoms with E-state index in [1.54, 1.807) is 0 Å². The van der Waals surface area contributed by atoms with Gasteiger partial charge in [-0.05, 0) is 18.3 Å². The fraction of sp³-hybridized carbons (Fsp3) is 0.762. The lowest BCUT2D eigenvalue weighted by atomic mass is 9.85. The number of nitrogens with one attached hydrogen (secondary N) is 3. The molecule has 0 spiro atoms. The first kappa shape index (κ1) is 32.4. The molecule has 0 aromatic carbocycles. The van der Waals surface area contributed by atoms with Crippen LogP contribution in [0, 0.1) is 17.3 Å². The van der Waals surface area contributed by atoms with E-state index in [0.717, 1.165) is 0 Å². The molecule has 5 amide bonds. The maximum atomic E-state index is 13.6. The van der Waals surface area contributed by atoms with E-state index in [4.69, 9.17) is 11.6 Å². The number of hydrazine groups is 1. The molecule has 2 fully saturated rings. The van der Waals surface area contributed by atoms with Gasteiger partial charge in [0.15, 0.2) is 0 Å². The molecule has 0 aliphatic carbocycles. The summed E-state index contributed by atoms with van der Waals surface area (Å²) >= 11 is 5.17. The molecule has 10 nitrogen and oxygen atoms in total. The lowest BCUT2D eigenvalue weighted by Gasteiger charge is -2.36. The molecular formula is C21H27ClF7N5O5. The van der Waals surface area contributed by atoms with Gasteiger partial charge >= 0.3 is 18.3 Å². The normalized spacial score (nSPS) is 23.6. The standard InChI is InChI=1S/C21H27ClF7N5O5/c1-19(2,3)12(31-18(39)21(27,28)29)16(37)33-8-10(20(24,25)26)6-11(33)15(36)32-34(17(38)13(22)23)7-9-4-5-30-14(9)35/h9-13H,4-8H2,1-3H3,(H,30,35)(H,31,39)(H,32,36)/t9-,10+,11-,12?,13?/m0/s1. The van der Waals surface area contributed by atoms with Crippen LogP contribution in [-0.2, 0) is 24.0 Å². The second-order valence-electron chi connectivity index (χ2n) is 10.3. The van der Waals surface area contributed by atoms with Crippen molar-refractivity contribution in [3.8, 4) is 0 Å². The highest BCUT2D eigenvalue weighted by Gasteiger charge is 2.54. The van der Waals surface area contributed by atoms with Crippen molar-refractivity contribution < 1.29 is 54.7 Å². The average Bonchev–Trinajstić information content (AvgIpc) is 3.41. The highest BCUT2D eigenvalue weighted by molar-refractivity contribution is 6.29. The maximum Gasteiger partial charge on any atom is 0.471 e. The second-order valence-corrected chi connectivity index (χ2v) is 10.6. The van der Waals surface area contributed by atoms with Crippen LogP contribution < -0.4 is 16.1 Å². The van der Waals surface area contributed by atoms with Crippen LogP contribution >= 0.6 is 11.6 Å². The Bertz CT molecular complexity index is 986. The Kier molecular flexibility index (Phi) is 9.72. The maximum absolute atomic E-state index is 13.6. The second kappa shape index (κ2) is 11.7. The van der Waals surface area contributed by atoms with Gasteiger partial charge in [0.25, 0.3) is 17.4 Å². The van der Waals surface area contributed by atoms with E-state index in [9.17, 15) is 54.7 Å². The Morgan fingerprint density at radius 1 is 1.13 bits per heavy atom. The third-order valence-electron chi connectivity index (χ3n) is 6.26. The molecule has 0 aromatic rings. The number of alkyl halides is 8. The molecule has 39 heavy (non-hydrogen) atoms. The molecule has 2 aliphatic rings. The fourth-order valence-electron chi connectivity index (χ4n) is 4.15. The topological polar surface area (TPSA) is 128 Å². The van der Waals surface area contributed by atoms with Crippen LogP contribution in [0.4, 0.5) is 30.7 Å². The van der Waals surface area contributed by atoms with Crippen molar-refractivity contribution >= 4 is 41.1 Å². The molecule has 0 aromatic heterocycles. The molecule has 5 atom stereocenters. The predicted octanol–water partition coefficient (Wildman–Crippen LogP) is 1.39. The van der Waals surface area contributed by atoms with Crippen molar-refractivity contribution in [2.24, 2.45) is 17.3 Å². The molecule has 222 valence electrons. The van der Waals surface area contributed by atoms with E-state index in [1.807, 2.05) is 5.43 Å². The van der Waals surface area contributed by atoms with Crippen LogP contribution in [0.5, 0.6) is 0 Å². The Balaban J connectivity index is 2.38. The summed E-state index contributed by atoms with van der Waals surface area (Å²) in [6, 6.07) is -4.00. The number of rotatable bonds is 6. The summed E-state index contributed by atoms with van der Waals surface area (Å²) in [7, 11) is 0. The van der Waals surface area contributed by atoms with Crippen molar-refractivity contribution in [1.82, 2.24) is 26.0 Å². The molecular weight excluding hydrogens is 571 g/mol. The Morgan fingerprint density at radius 2 is 1.72 bits per heavy atom. The fourth-order valence-corrected chi connectivity index (χ4v) is 4.27. The number of hydrogen-bond acceptors (Lipinski definition) is 5. The molecule has 18 heteroatoms. The zero-order valence-electron chi connectivity index (χ0n) is 20.9. The zero-order valence-corrected chi connectivity index (χ0v) is 21.6. The van der Waals surface area contributed by atoms with Crippen LogP contribution in [0.1, 0.15) is 33.6 Å². The molecule has 0 bridgehead atoms. The summed E-state index contributed by atoms with van der Waals surface area (Å²) in [6.45, 7) is 2.19. The average molecular weight is 598 g/mol. The number of nitrogens with zero attached hydrogens (tertiary/aromatic N) is 2. The Morgan fingerprint density at radius 3 is 2.15 bits per heavy atom. The minimum atomic E-state index is -5.42. The number of carbonyl (C=O) groups is 5. The molecule has 0 radical (unpaired) electrons. The van der Waals surface area contributed by atoms with Crippen LogP contribution in [0.25, 0.3) is 0 Å². The highest BCUT2D eigenvalue weighted by Crippen LogP contribution is 2.38. The van der Waals surface area contributed by atoms with E-state index in [2.05, 4.69) is 5.32 Å². The monoisotopic (exact) mass is 597 g/mol. The van der Waals surface area contributed by atoms with Gasteiger partial charge in [0.05, 0.1) is 18.4 Å². The number of halogens is 8. The lowest BCUT2D eigenvalue weighted by Crippen LogP contribution is -2.61. The van der Waals surface area contributed by atoms with Gasteiger partial charge in [-0.2, -0.15) is 26.3 Å². The number of amides is 5. The van der Waals surface area contributed by atoms with Gasteiger partial charge in [0.1, 0.15) is 12.1 Å². The van der Waals surface area contributed by atoms with Crippen LogP contribution in [0.3, 0.4) is 0 Å². The summed E-state index contributed by atoms with van der Waals surface area (Å²) in [6.07, 6.45) is -11.2. The number of hydrogen-bond donors (Lipinski definition) is 3. The number of likely N-dealkylation sites (tertiary alicyclic amines) is 1. The summed E-state index contributed by atoms with van der Waals surface area (Å²) in [5, 5.41) is 4.22. The summed E-state index contributed by atoms with van der Waals surface area (Å²) in [4.78, 5) is 62.4. The van der Waals surface area contributed by atoms with Crippen molar-refractivity contribution in [3.05, 3.63) is 0 Å². The van der Waals surface area contributed by atoms with E-state index in [0.29, 0.717) is 9.91 Å². The summed E-state index contributed by atoms with van der Waals surface area (Å²) in [5.74, 6) is -10.6. The van der Waals surface area contributed by atoms with E-state index in [-0.39, 0.29) is 13.0 Å². The first-order valence-electron chi connectivity index (χ1n) is 11.6. The van der Waals surface area contributed by atoms with Gasteiger partial charge in [0.2, 0.25) is 11.8 Å². The van der Waals surface area contributed by atoms with Crippen LogP contribution in [-0.4, -0.2) is 89.1 Å². The lowest BCUT2D eigenvalue weighted by molar-refractivity contribution is -0.177. The van der Waals surface area contributed by atoms with Gasteiger partial charge < -0.3 is 15.5 Å². The van der Waals surface area contributed by atoms with Crippen molar-refractivity contribution in [3.63, 3.8) is 0 Å². The van der Waals surface area contributed by atoms with Crippen LogP contribution in [0.2, 0.25) is 0 Å². The summed E-state index contributed by atoms with van der Waals surface area (Å²) in [5.41, 5.74) is -2.26. The van der Waals surface area contributed by atoms with E-state index in [1.165, 1.54) is 26.1 Å². The predicted molar refractivity (Wildman–Crippen MR) is 119 cm³/mol. The smallest absolute Gasteiger partial charge is 0.356 e. The SMILES string of the molecule is CC(C)(C)C(NC(=O)C(F)(F)F)C(=O)N1C[C@H](C(F)(F)F)C[C@H]1C(=O)NN(C[C@@H]1CCNC1=O)C(=O)C(F)Cl. The molecule has 2 saturated heterocycles. The quantitative estimate of drug-likeness (QED) is 0.242. The molecule has 2 rings (SSSR count). The largest absolute Gasteiger partial charge is 0.471 e. The van der Waals surface area contributed by atoms with Gasteiger partial charge in [-0.25, -0.2) is 9.40 Å².